The smallest absolute Gasteiger partial charge is 0.301 e. The number of nitro benzene ring substituents is 1. The fraction of sp³-hybridized carbons (Fsp3) is 0.0455. The lowest BCUT2D eigenvalue weighted by atomic mass is 9.95. The van der Waals surface area contributed by atoms with Gasteiger partial charge in [0, 0.05) is 28.9 Å². The molecule has 0 spiro atoms. The van der Waals surface area contributed by atoms with Gasteiger partial charge >= 0.3 is 5.91 Å². The number of amides is 1. The van der Waals surface area contributed by atoms with Crippen LogP contribution in [0.1, 0.15) is 17.2 Å². The molecule has 0 radical (unpaired) electrons. The predicted molar refractivity (Wildman–Crippen MR) is 114 cm³/mol. The number of nitrogens with zero attached hydrogens (tertiary/aromatic N) is 3. The molecule has 31 heavy (non-hydrogen) atoms. The minimum absolute atomic E-state index is 0.142. The number of rotatable bonds is 4. The topological polar surface area (TPSA) is 114 Å². The van der Waals surface area contributed by atoms with Crippen LogP contribution in [-0.2, 0) is 9.59 Å². The molecule has 1 saturated heterocycles. The Kier molecular flexibility index (Phi) is 5.22. The average Bonchev–Trinajstić information content (AvgIpc) is 3.05. The summed E-state index contributed by atoms with van der Waals surface area (Å²) in [6, 6.07) is 15.4. The van der Waals surface area contributed by atoms with Crippen LogP contribution >= 0.6 is 11.6 Å². The molecule has 0 saturated carbocycles. The van der Waals surface area contributed by atoms with Gasteiger partial charge in [0.2, 0.25) is 0 Å². The van der Waals surface area contributed by atoms with Gasteiger partial charge in [-0.25, -0.2) is 4.98 Å². The molecule has 9 heteroatoms. The molecule has 3 aromatic rings. The molecule has 1 aromatic heterocycles. The van der Waals surface area contributed by atoms with E-state index in [4.69, 9.17) is 11.6 Å². The second kappa shape index (κ2) is 8.00. The Balaban J connectivity index is 1.92. The van der Waals surface area contributed by atoms with E-state index in [1.165, 1.54) is 47.5 Å². The van der Waals surface area contributed by atoms with E-state index in [1.807, 2.05) is 0 Å². The molecule has 4 rings (SSSR count). The highest BCUT2D eigenvalue weighted by Gasteiger charge is 2.47. The Morgan fingerprint density at radius 3 is 2.29 bits per heavy atom. The van der Waals surface area contributed by atoms with Gasteiger partial charge in [0.25, 0.3) is 11.5 Å². The number of pyridine rings is 1. The van der Waals surface area contributed by atoms with Crippen molar-refractivity contribution in [3.8, 4) is 0 Å². The molecule has 0 aliphatic carbocycles. The molecule has 8 nitrogen and oxygen atoms in total. The summed E-state index contributed by atoms with van der Waals surface area (Å²) in [5.74, 6) is -1.92. The largest absolute Gasteiger partial charge is 0.507 e. The lowest BCUT2D eigenvalue weighted by Crippen LogP contribution is -2.30. The summed E-state index contributed by atoms with van der Waals surface area (Å²) in [6.45, 7) is 0. The number of non-ortho nitro benzene ring substituents is 1. The summed E-state index contributed by atoms with van der Waals surface area (Å²) < 4.78 is 0. The summed E-state index contributed by atoms with van der Waals surface area (Å²) >= 11 is 5.91. The molecule has 0 unspecified atom stereocenters. The summed E-state index contributed by atoms with van der Waals surface area (Å²) in [4.78, 5) is 41.7. The van der Waals surface area contributed by atoms with Gasteiger partial charge in [-0.2, -0.15) is 0 Å². The molecule has 0 bridgehead atoms. The van der Waals surface area contributed by atoms with Crippen LogP contribution in [0.3, 0.4) is 0 Å². The molecule has 1 atom stereocenters. The lowest BCUT2D eigenvalue weighted by molar-refractivity contribution is -0.384. The zero-order chi connectivity index (χ0) is 22.1. The van der Waals surface area contributed by atoms with Crippen LogP contribution in [0.2, 0.25) is 5.02 Å². The monoisotopic (exact) mass is 435 g/mol. The Morgan fingerprint density at radius 1 is 1.03 bits per heavy atom. The van der Waals surface area contributed by atoms with E-state index in [2.05, 4.69) is 4.98 Å². The molecule has 2 aromatic carbocycles. The van der Waals surface area contributed by atoms with Crippen molar-refractivity contribution in [2.24, 2.45) is 0 Å². The van der Waals surface area contributed by atoms with E-state index in [0.29, 0.717) is 16.1 Å². The normalized spacial score (nSPS) is 17.7. The third-order valence-corrected chi connectivity index (χ3v) is 5.13. The third-order valence-electron chi connectivity index (χ3n) is 4.88. The third kappa shape index (κ3) is 3.64. The SMILES string of the molecule is O=C1C(=O)N(c2ccccn2)[C@H](c2ccc([N+](=O)[O-])cc2)/C1=C(\O)c1ccc(Cl)cc1. The number of aliphatic hydroxyl groups is 1. The van der Waals surface area contributed by atoms with Crippen molar-refractivity contribution >= 4 is 40.6 Å². The van der Waals surface area contributed by atoms with Crippen molar-refractivity contribution < 1.29 is 19.6 Å². The van der Waals surface area contributed by atoms with E-state index >= 15 is 0 Å². The highest BCUT2D eigenvalue weighted by atomic mass is 35.5. The van der Waals surface area contributed by atoms with E-state index in [-0.39, 0.29) is 22.8 Å². The van der Waals surface area contributed by atoms with Crippen LogP contribution in [0.15, 0.2) is 78.5 Å². The number of Topliss-reactive ketones (excluding diaryl/α,β-unsaturated/α-hetero) is 1. The first-order valence-electron chi connectivity index (χ1n) is 9.11. The van der Waals surface area contributed by atoms with E-state index in [0.717, 1.165) is 0 Å². The number of nitro groups is 1. The zero-order valence-corrected chi connectivity index (χ0v) is 16.6. The van der Waals surface area contributed by atoms with Crippen molar-refractivity contribution in [3.05, 3.63) is 105 Å². The Bertz CT molecular complexity index is 1210. The highest BCUT2D eigenvalue weighted by Crippen LogP contribution is 2.41. The van der Waals surface area contributed by atoms with Gasteiger partial charge in [-0.3, -0.25) is 24.6 Å². The summed E-state index contributed by atoms with van der Waals surface area (Å²) in [5.41, 5.74) is 0.421. The van der Waals surface area contributed by atoms with Crippen molar-refractivity contribution in [2.45, 2.75) is 6.04 Å². The highest BCUT2D eigenvalue weighted by molar-refractivity contribution is 6.51. The molecule has 154 valence electrons. The van der Waals surface area contributed by atoms with Gasteiger partial charge < -0.3 is 5.11 Å². The van der Waals surface area contributed by atoms with Gasteiger partial charge in [0.05, 0.1) is 16.5 Å². The molecule has 1 aliphatic rings. The van der Waals surface area contributed by atoms with Crippen molar-refractivity contribution in [1.82, 2.24) is 4.98 Å². The maximum absolute atomic E-state index is 13.0. The van der Waals surface area contributed by atoms with Gasteiger partial charge in [0.1, 0.15) is 11.6 Å². The van der Waals surface area contributed by atoms with E-state index < -0.39 is 22.7 Å². The maximum Gasteiger partial charge on any atom is 0.301 e. The summed E-state index contributed by atoms with van der Waals surface area (Å²) in [7, 11) is 0. The number of aromatic nitrogens is 1. The van der Waals surface area contributed by atoms with Gasteiger partial charge in [-0.05, 0) is 54.1 Å². The minimum atomic E-state index is -1.02. The lowest BCUT2D eigenvalue weighted by Gasteiger charge is -2.24. The molecule has 2 heterocycles. The second-order valence-electron chi connectivity index (χ2n) is 6.71. The predicted octanol–water partition coefficient (Wildman–Crippen LogP) is 4.27. The van der Waals surface area contributed by atoms with Crippen LogP contribution in [0.5, 0.6) is 0 Å². The second-order valence-corrected chi connectivity index (χ2v) is 7.15. The number of aliphatic hydroxyl groups excluding tert-OH is 1. The number of anilines is 1. The minimum Gasteiger partial charge on any atom is -0.507 e. The number of hydrogen-bond acceptors (Lipinski definition) is 6. The average molecular weight is 436 g/mol. The fourth-order valence-corrected chi connectivity index (χ4v) is 3.55. The van der Waals surface area contributed by atoms with Crippen LogP contribution < -0.4 is 4.90 Å². The molecular formula is C22H14ClN3O5. The molecule has 1 fully saturated rings. The zero-order valence-electron chi connectivity index (χ0n) is 15.8. The van der Waals surface area contributed by atoms with Crippen LogP contribution in [0, 0.1) is 10.1 Å². The van der Waals surface area contributed by atoms with E-state index in [1.54, 1.807) is 30.3 Å². The Labute approximate surface area is 181 Å². The standard InChI is InChI=1S/C22H14ClN3O5/c23-15-8-4-14(5-9-15)20(27)18-19(13-6-10-16(11-7-13)26(30)31)25(22(29)21(18)28)17-3-1-2-12-24-17/h1-12,19,27H/b20-18+/t19-/m1/s1. The molecular weight excluding hydrogens is 422 g/mol. The number of halogens is 1. The first-order chi connectivity index (χ1) is 14.9. The van der Waals surface area contributed by atoms with Crippen molar-refractivity contribution in [2.75, 3.05) is 4.90 Å². The van der Waals surface area contributed by atoms with Gasteiger partial charge in [-0.15, -0.1) is 0 Å². The molecule has 1 aliphatic heterocycles. The number of carbonyl (C=O) groups excluding carboxylic acids is 2. The summed E-state index contributed by atoms with van der Waals surface area (Å²) in [5, 5.41) is 22.4. The van der Waals surface area contributed by atoms with Crippen molar-refractivity contribution in [1.29, 1.82) is 0 Å². The number of benzene rings is 2. The van der Waals surface area contributed by atoms with Gasteiger partial charge in [0.15, 0.2) is 0 Å². The van der Waals surface area contributed by atoms with E-state index in [9.17, 15) is 24.8 Å². The van der Waals surface area contributed by atoms with Crippen LogP contribution in [-0.4, -0.2) is 26.7 Å². The first kappa shape index (κ1) is 20.2. The van der Waals surface area contributed by atoms with Crippen LogP contribution in [0.4, 0.5) is 11.5 Å². The number of ketones is 1. The quantitative estimate of drug-likeness (QED) is 0.215. The molecule has 1 amide bonds. The van der Waals surface area contributed by atoms with Gasteiger partial charge in [-0.1, -0.05) is 17.7 Å². The van der Waals surface area contributed by atoms with Crippen molar-refractivity contribution in [3.63, 3.8) is 0 Å². The Morgan fingerprint density at radius 2 is 1.71 bits per heavy atom. The first-order valence-corrected chi connectivity index (χ1v) is 9.48. The van der Waals surface area contributed by atoms with Crippen LogP contribution in [0.25, 0.3) is 5.76 Å². The number of hydrogen-bond donors (Lipinski definition) is 1. The molecule has 1 N–H and O–H groups in total. The Hall–Kier alpha value is -4.04. The fourth-order valence-electron chi connectivity index (χ4n) is 3.42. The maximum atomic E-state index is 13.0. The summed E-state index contributed by atoms with van der Waals surface area (Å²) in [6.07, 6.45) is 1.47. The number of carbonyl (C=O) groups is 2.